The number of hydrogen-bond donors (Lipinski definition) is 1. The summed E-state index contributed by atoms with van der Waals surface area (Å²) >= 11 is 0. The average molecular weight is 312 g/mol. The van der Waals surface area contributed by atoms with E-state index in [-0.39, 0.29) is 5.91 Å². The molecule has 1 saturated heterocycles. The number of piperidine rings is 1. The summed E-state index contributed by atoms with van der Waals surface area (Å²) in [6.45, 7) is 6.44. The van der Waals surface area contributed by atoms with Crippen molar-refractivity contribution in [1.82, 2.24) is 14.7 Å². The highest BCUT2D eigenvalue weighted by atomic mass is 16.2. The molecule has 3 rings (SSSR count). The Bertz CT molecular complexity index is 672. The van der Waals surface area contributed by atoms with Crippen LogP contribution < -0.4 is 5.32 Å². The molecule has 2 aromatic rings. The van der Waals surface area contributed by atoms with Crippen molar-refractivity contribution in [2.45, 2.75) is 33.1 Å². The van der Waals surface area contributed by atoms with Crippen LogP contribution in [0.3, 0.4) is 0 Å². The van der Waals surface area contributed by atoms with Gasteiger partial charge in [-0.1, -0.05) is 24.6 Å². The number of carbonyl (C=O) groups excluding carboxylic acids is 1. The van der Waals surface area contributed by atoms with Crippen molar-refractivity contribution in [1.29, 1.82) is 0 Å². The maximum absolute atomic E-state index is 12.3. The van der Waals surface area contributed by atoms with Crippen LogP contribution in [0.4, 0.5) is 5.69 Å². The lowest BCUT2D eigenvalue weighted by Crippen LogP contribution is -2.37. The number of nitrogens with one attached hydrogen (secondary N) is 1. The van der Waals surface area contributed by atoms with Crippen molar-refractivity contribution in [3.63, 3.8) is 0 Å². The van der Waals surface area contributed by atoms with Gasteiger partial charge in [-0.25, -0.2) is 4.68 Å². The highest BCUT2D eigenvalue weighted by Crippen LogP contribution is 2.22. The Balaban J connectivity index is 1.73. The van der Waals surface area contributed by atoms with Gasteiger partial charge in [0.1, 0.15) is 0 Å². The largest absolute Gasteiger partial charge is 0.322 e. The van der Waals surface area contributed by atoms with Crippen LogP contribution >= 0.6 is 0 Å². The fourth-order valence-corrected chi connectivity index (χ4v) is 3.14. The first-order valence-corrected chi connectivity index (χ1v) is 8.29. The fraction of sp³-hybridized carbons (Fsp3) is 0.444. The Morgan fingerprint density at radius 3 is 2.52 bits per heavy atom. The zero-order valence-electron chi connectivity index (χ0n) is 13.9. The topological polar surface area (TPSA) is 50.2 Å². The minimum absolute atomic E-state index is 0.0470. The van der Waals surface area contributed by atoms with E-state index < -0.39 is 0 Å². The van der Waals surface area contributed by atoms with Gasteiger partial charge in [-0.15, -0.1) is 0 Å². The van der Waals surface area contributed by atoms with Crippen LogP contribution in [0.15, 0.2) is 30.3 Å². The van der Waals surface area contributed by atoms with Crippen LogP contribution in [0.2, 0.25) is 0 Å². The third-order valence-electron chi connectivity index (χ3n) is 4.37. The van der Waals surface area contributed by atoms with Gasteiger partial charge in [-0.2, -0.15) is 5.10 Å². The number of nitrogens with zero attached hydrogens (tertiary/aromatic N) is 3. The summed E-state index contributed by atoms with van der Waals surface area (Å²) in [5, 5.41) is 7.62. The number of likely N-dealkylation sites (tertiary alicyclic amines) is 1. The second-order valence-corrected chi connectivity index (χ2v) is 6.18. The molecular formula is C18H24N4O. The number of rotatable bonds is 4. The highest BCUT2D eigenvalue weighted by Gasteiger charge is 2.18. The molecule has 0 bridgehead atoms. The van der Waals surface area contributed by atoms with Crippen LogP contribution in [-0.2, 0) is 4.79 Å². The van der Waals surface area contributed by atoms with Gasteiger partial charge in [0.05, 0.1) is 29.3 Å². The molecular weight excluding hydrogens is 288 g/mol. The van der Waals surface area contributed by atoms with Crippen molar-refractivity contribution in [2.75, 3.05) is 25.0 Å². The smallest absolute Gasteiger partial charge is 0.238 e. The molecule has 0 saturated carbocycles. The summed E-state index contributed by atoms with van der Waals surface area (Å²) < 4.78 is 1.88. The van der Waals surface area contributed by atoms with Gasteiger partial charge in [-0.05, 0) is 51.9 Å². The number of aromatic nitrogens is 2. The van der Waals surface area contributed by atoms with Gasteiger partial charge in [-0.3, -0.25) is 9.69 Å². The van der Waals surface area contributed by atoms with E-state index in [9.17, 15) is 4.79 Å². The van der Waals surface area contributed by atoms with E-state index >= 15 is 0 Å². The molecule has 5 nitrogen and oxygen atoms in total. The number of aryl methyl sites for hydroxylation is 1. The SMILES string of the molecule is Cc1nn(-c2ccccc2)c(C)c1NC(=O)CN1CCCCC1. The molecule has 122 valence electrons. The molecule has 1 aliphatic heterocycles. The van der Waals surface area contributed by atoms with Gasteiger partial charge in [0, 0.05) is 0 Å². The first-order chi connectivity index (χ1) is 11.1. The number of hydrogen-bond acceptors (Lipinski definition) is 3. The van der Waals surface area contributed by atoms with Crippen molar-refractivity contribution in [3.8, 4) is 5.69 Å². The molecule has 1 aliphatic rings. The molecule has 2 heterocycles. The third kappa shape index (κ3) is 3.62. The lowest BCUT2D eigenvalue weighted by Gasteiger charge is -2.25. The molecule has 1 aromatic heterocycles. The van der Waals surface area contributed by atoms with E-state index in [4.69, 9.17) is 0 Å². The third-order valence-corrected chi connectivity index (χ3v) is 4.37. The zero-order chi connectivity index (χ0) is 16.2. The first kappa shape index (κ1) is 15.7. The van der Waals surface area contributed by atoms with Crippen LogP contribution in [0.1, 0.15) is 30.7 Å². The number of para-hydroxylation sites is 1. The van der Waals surface area contributed by atoms with Crippen LogP contribution in [0.5, 0.6) is 0 Å². The van der Waals surface area contributed by atoms with E-state index in [2.05, 4.69) is 15.3 Å². The maximum Gasteiger partial charge on any atom is 0.238 e. The van der Waals surface area contributed by atoms with Gasteiger partial charge in [0.2, 0.25) is 5.91 Å². The second kappa shape index (κ2) is 6.96. The molecule has 23 heavy (non-hydrogen) atoms. The average Bonchev–Trinajstić information content (AvgIpc) is 2.85. The highest BCUT2D eigenvalue weighted by molar-refractivity contribution is 5.93. The van der Waals surface area contributed by atoms with E-state index in [1.165, 1.54) is 19.3 Å². The van der Waals surface area contributed by atoms with Crippen molar-refractivity contribution >= 4 is 11.6 Å². The summed E-state index contributed by atoms with van der Waals surface area (Å²) in [4.78, 5) is 14.6. The van der Waals surface area contributed by atoms with Crippen molar-refractivity contribution in [2.24, 2.45) is 0 Å². The summed E-state index contributed by atoms with van der Waals surface area (Å²) in [5.74, 6) is 0.0470. The van der Waals surface area contributed by atoms with Crippen LogP contribution in [0.25, 0.3) is 5.69 Å². The summed E-state index contributed by atoms with van der Waals surface area (Å²) in [5.41, 5.74) is 3.64. The molecule has 1 amide bonds. The summed E-state index contributed by atoms with van der Waals surface area (Å²) in [6, 6.07) is 9.98. The normalized spacial score (nSPS) is 15.6. The lowest BCUT2D eigenvalue weighted by molar-refractivity contribution is -0.117. The Labute approximate surface area is 137 Å². The Hall–Kier alpha value is -2.14. The summed E-state index contributed by atoms with van der Waals surface area (Å²) in [7, 11) is 0. The Kier molecular flexibility index (Phi) is 4.76. The lowest BCUT2D eigenvalue weighted by atomic mass is 10.1. The minimum Gasteiger partial charge on any atom is -0.322 e. The minimum atomic E-state index is 0.0470. The van der Waals surface area contributed by atoms with E-state index in [1.54, 1.807) is 0 Å². The molecule has 0 unspecified atom stereocenters. The number of benzene rings is 1. The molecule has 0 radical (unpaired) electrons. The second-order valence-electron chi connectivity index (χ2n) is 6.18. The first-order valence-electron chi connectivity index (χ1n) is 8.29. The van der Waals surface area contributed by atoms with Crippen molar-refractivity contribution in [3.05, 3.63) is 41.7 Å². The van der Waals surface area contributed by atoms with Crippen molar-refractivity contribution < 1.29 is 4.79 Å². The van der Waals surface area contributed by atoms with Gasteiger partial charge < -0.3 is 5.32 Å². The van der Waals surface area contributed by atoms with E-state index in [1.807, 2.05) is 48.9 Å². The monoisotopic (exact) mass is 312 g/mol. The predicted molar refractivity (Wildman–Crippen MR) is 92.0 cm³/mol. The van der Waals surface area contributed by atoms with Crippen LogP contribution in [-0.4, -0.2) is 40.2 Å². The van der Waals surface area contributed by atoms with E-state index in [0.29, 0.717) is 6.54 Å². The molecule has 5 heteroatoms. The Morgan fingerprint density at radius 1 is 1.13 bits per heavy atom. The molecule has 0 spiro atoms. The molecule has 0 aliphatic carbocycles. The summed E-state index contributed by atoms with van der Waals surface area (Å²) in [6.07, 6.45) is 3.66. The molecule has 1 N–H and O–H groups in total. The van der Waals surface area contributed by atoms with Gasteiger partial charge in [0.25, 0.3) is 0 Å². The quantitative estimate of drug-likeness (QED) is 0.944. The molecule has 1 aromatic carbocycles. The number of amides is 1. The number of anilines is 1. The molecule has 1 fully saturated rings. The predicted octanol–water partition coefficient (Wildman–Crippen LogP) is 2.91. The standard InChI is InChI=1S/C18H24N4O/c1-14-18(19-17(23)13-21-11-7-4-8-12-21)15(2)22(20-14)16-9-5-3-6-10-16/h3,5-6,9-10H,4,7-8,11-13H2,1-2H3,(H,19,23). The van der Waals surface area contributed by atoms with Crippen LogP contribution in [0, 0.1) is 13.8 Å². The van der Waals surface area contributed by atoms with E-state index in [0.717, 1.165) is 35.9 Å². The maximum atomic E-state index is 12.3. The Morgan fingerprint density at radius 2 is 1.83 bits per heavy atom. The van der Waals surface area contributed by atoms with Gasteiger partial charge >= 0.3 is 0 Å². The molecule has 0 atom stereocenters. The fourth-order valence-electron chi connectivity index (χ4n) is 3.14. The van der Waals surface area contributed by atoms with Gasteiger partial charge in [0.15, 0.2) is 0 Å². The number of carbonyl (C=O) groups is 1. The zero-order valence-corrected chi connectivity index (χ0v) is 13.9.